The van der Waals surface area contributed by atoms with E-state index in [-0.39, 0.29) is 17.7 Å². The smallest absolute Gasteiger partial charge is 0.340 e. The lowest BCUT2D eigenvalue weighted by molar-refractivity contribution is 0.0316. The Labute approximate surface area is 171 Å². The highest BCUT2D eigenvalue weighted by Crippen LogP contribution is 2.23. The third kappa shape index (κ3) is 4.94. The molecule has 2 aromatic rings. The number of ether oxygens (including phenoxy) is 2. The average Bonchev–Trinajstić information content (AvgIpc) is 2.94. The van der Waals surface area contributed by atoms with Crippen molar-refractivity contribution in [3.63, 3.8) is 0 Å². The Bertz CT molecular complexity index is 916. The third-order valence-electron chi connectivity index (χ3n) is 4.80. The molecule has 6 nitrogen and oxygen atoms in total. The van der Waals surface area contributed by atoms with Gasteiger partial charge in [0.1, 0.15) is 0 Å². The van der Waals surface area contributed by atoms with Crippen LogP contribution in [0.1, 0.15) is 82.6 Å². The molecule has 0 radical (unpaired) electrons. The normalized spacial score (nSPS) is 12.4. The Balaban J connectivity index is 2.16. The highest BCUT2D eigenvalue weighted by molar-refractivity contribution is 6.04. The predicted molar refractivity (Wildman–Crippen MR) is 111 cm³/mol. The molecule has 1 N–H and O–H groups in total. The SMILES string of the molecule is CCOC(=O)c1c(C)[nH]c(C(=O)[C@@H](C)OC(=O)c2ccc(C(C)(C)C)cc2)c1C. The van der Waals surface area contributed by atoms with Gasteiger partial charge in [0.05, 0.1) is 23.4 Å². The van der Waals surface area contributed by atoms with Crippen molar-refractivity contribution in [3.05, 3.63) is 57.9 Å². The van der Waals surface area contributed by atoms with Gasteiger partial charge in [0.25, 0.3) is 0 Å². The van der Waals surface area contributed by atoms with Crippen LogP contribution in [0, 0.1) is 13.8 Å². The molecule has 0 aliphatic rings. The number of carbonyl (C=O) groups excluding carboxylic acids is 3. The van der Waals surface area contributed by atoms with Crippen molar-refractivity contribution < 1.29 is 23.9 Å². The number of esters is 2. The van der Waals surface area contributed by atoms with Crippen LogP contribution in [-0.2, 0) is 14.9 Å². The standard InChI is InChI=1S/C23H29NO5/c1-8-28-22(27)18-13(2)19(24-14(18)3)20(25)15(4)29-21(26)16-9-11-17(12-10-16)23(5,6)7/h9-12,15,24H,8H2,1-7H3/t15-/m1/s1. The van der Waals surface area contributed by atoms with Crippen LogP contribution >= 0.6 is 0 Å². The summed E-state index contributed by atoms with van der Waals surface area (Å²) in [5, 5.41) is 0. The van der Waals surface area contributed by atoms with E-state index in [9.17, 15) is 14.4 Å². The third-order valence-corrected chi connectivity index (χ3v) is 4.80. The first-order chi connectivity index (χ1) is 13.5. The summed E-state index contributed by atoms with van der Waals surface area (Å²) in [4.78, 5) is 40.3. The summed E-state index contributed by atoms with van der Waals surface area (Å²) in [6.07, 6.45) is -1.00. The van der Waals surface area contributed by atoms with Crippen molar-refractivity contribution >= 4 is 17.7 Å². The fourth-order valence-electron chi connectivity index (χ4n) is 3.10. The average molecular weight is 399 g/mol. The molecule has 2 rings (SSSR count). The summed E-state index contributed by atoms with van der Waals surface area (Å²) in [5.74, 6) is -1.46. The van der Waals surface area contributed by atoms with Crippen molar-refractivity contribution in [2.24, 2.45) is 0 Å². The largest absolute Gasteiger partial charge is 0.462 e. The number of hydrogen-bond donors (Lipinski definition) is 1. The fraction of sp³-hybridized carbons (Fsp3) is 0.435. The lowest BCUT2D eigenvalue weighted by Crippen LogP contribution is -2.25. The number of carbonyl (C=O) groups is 3. The van der Waals surface area contributed by atoms with E-state index in [0.717, 1.165) is 5.56 Å². The second kappa shape index (κ2) is 8.64. The van der Waals surface area contributed by atoms with Gasteiger partial charge in [-0.3, -0.25) is 4.79 Å². The van der Waals surface area contributed by atoms with Crippen molar-refractivity contribution in [1.29, 1.82) is 0 Å². The molecular weight excluding hydrogens is 370 g/mol. The number of H-pyrrole nitrogens is 1. The molecule has 0 amide bonds. The summed E-state index contributed by atoms with van der Waals surface area (Å²) in [7, 11) is 0. The Morgan fingerprint density at radius 2 is 1.62 bits per heavy atom. The number of Topliss-reactive ketones (excluding diaryl/α,β-unsaturated/α-hetero) is 1. The van der Waals surface area contributed by atoms with Crippen LogP contribution in [0.15, 0.2) is 24.3 Å². The van der Waals surface area contributed by atoms with Crippen molar-refractivity contribution in [2.45, 2.75) is 60.0 Å². The fourth-order valence-corrected chi connectivity index (χ4v) is 3.10. The van der Waals surface area contributed by atoms with Gasteiger partial charge >= 0.3 is 11.9 Å². The maximum Gasteiger partial charge on any atom is 0.340 e. The molecule has 156 valence electrons. The van der Waals surface area contributed by atoms with Crippen LogP contribution in [0.4, 0.5) is 0 Å². The lowest BCUT2D eigenvalue weighted by atomic mass is 9.87. The van der Waals surface area contributed by atoms with E-state index in [2.05, 4.69) is 25.8 Å². The van der Waals surface area contributed by atoms with Crippen LogP contribution in [0.25, 0.3) is 0 Å². The number of aromatic amines is 1. The van der Waals surface area contributed by atoms with Gasteiger partial charge in [0.2, 0.25) is 5.78 Å². The molecule has 0 fully saturated rings. The van der Waals surface area contributed by atoms with Crippen molar-refractivity contribution in [2.75, 3.05) is 6.61 Å². The molecule has 0 unspecified atom stereocenters. The summed E-state index contributed by atoms with van der Waals surface area (Å²) in [5.41, 5.74) is 3.07. The first-order valence-corrected chi connectivity index (χ1v) is 9.69. The minimum atomic E-state index is -1.00. The molecule has 1 aromatic heterocycles. The van der Waals surface area contributed by atoms with Gasteiger partial charge in [-0.1, -0.05) is 32.9 Å². The van der Waals surface area contributed by atoms with Gasteiger partial charge in [-0.2, -0.15) is 0 Å². The molecule has 0 saturated heterocycles. The molecule has 0 spiro atoms. The van der Waals surface area contributed by atoms with Crippen LogP contribution in [0.2, 0.25) is 0 Å². The van der Waals surface area contributed by atoms with Gasteiger partial charge in [0.15, 0.2) is 6.10 Å². The molecule has 1 heterocycles. The number of nitrogens with one attached hydrogen (secondary N) is 1. The zero-order valence-electron chi connectivity index (χ0n) is 18.1. The van der Waals surface area contributed by atoms with Crippen LogP contribution in [0.5, 0.6) is 0 Å². The van der Waals surface area contributed by atoms with Crippen molar-refractivity contribution in [1.82, 2.24) is 4.98 Å². The maximum absolute atomic E-state index is 12.8. The molecule has 0 saturated carbocycles. The lowest BCUT2D eigenvalue weighted by Gasteiger charge is -2.19. The van der Waals surface area contributed by atoms with Crippen LogP contribution in [0.3, 0.4) is 0 Å². The van der Waals surface area contributed by atoms with Gasteiger partial charge < -0.3 is 14.5 Å². The number of aryl methyl sites for hydroxylation is 1. The number of hydrogen-bond acceptors (Lipinski definition) is 5. The minimum Gasteiger partial charge on any atom is -0.462 e. The van der Waals surface area contributed by atoms with Gasteiger partial charge in [0, 0.05) is 5.69 Å². The van der Waals surface area contributed by atoms with Gasteiger partial charge in [-0.25, -0.2) is 9.59 Å². The van der Waals surface area contributed by atoms with E-state index in [1.165, 1.54) is 6.92 Å². The molecule has 29 heavy (non-hydrogen) atoms. The Morgan fingerprint density at radius 1 is 1.03 bits per heavy atom. The monoisotopic (exact) mass is 399 g/mol. The first-order valence-electron chi connectivity index (χ1n) is 9.69. The Morgan fingerprint density at radius 3 is 2.14 bits per heavy atom. The zero-order chi connectivity index (χ0) is 21.9. The molecule has 6 heteroatoms. The van der Waals surface area contributed by atoms with E-state index < -0.39 is 23.8 Å². The highest BCUT2D eigenvalue weighted by Gasteiger charge is 2.28. The topological polar surface area (TPSA) is 85.5 Å². The Kier molecular flexibility index (Phi) is 6.67. The summed E-state index contributed by atoms with van der Waals surface area (Å²) < 4.78 is 10.4. The quantitative estimate of drug-likeness (QED) is 0.570. The highest BCUT2D eigenvalue weighted by atomic mass is 16.5. The van der Waals surface area contributed by atoms with Crippen LogP contribution < -0.4 is 0 Å². The number of ketones is 1. The number of benzene rings is 1. The first kappa shape index (κ1) is 22.4. The van der Waals surface area contributed by atoms with Crippen LogP contribution in [-0.4, -0.2) is 35.4 Å². The summed E-state index contributed by atoms with van der Waals surface area (Å²) in [6, 6.07) is 7.16. The van der Waals surface area contributed by atoms with E-state index in [4.69, 9.17) is 9.47 Å². The molecule has 1 atom stereocenters. The summed E-state index contributed by atoms with van der Waals surface area (Å²) in [6.45, 7) is 13.1. The van der Waals surface area contributed by atoms with Gasteiger partial charge in [-0.15, -0.1) is 0 Å². The summed E-state index contributed by atoms with van der Waals surface area (Å²) >= 11 is 0. The van der Waals surface area contributed by atoms with Crippen molar-refractivity contribution in [3.8, 4) is 0 Å². The molecular formula is C23H29NO5. The molecule has 0 bridgehead atoms. The molecule has 0 aliphatic carbocycles. The Hall–Kier alpha value is -2.89. The second-order valence-corrected chi connectivity index (χ2v) is 8.08. The molecule has 0 aliphatic heterocycles. The minimum absolute atomic E-state index is 0.0225. The van der Waals surface area contributed by atoms with E-state index in [1.54, 1.807) is 32.9 Å². The number of rotatable bonds is 6. The zero-order valence-corrected chi connectivity index (χ0v) is 18.1. The van der Waals surface area contributed by atoms with E-state index >= 15 is 0 Å². The predicted octanol–water partition coefficient (Wildman–Crippen LogP) is 4.53. The number of aromatic nitrogens is 1. The second-order valence-electron chi connectivity index (χ2n) is 8.08. The molecule has 1 aromatic carbocycles. The van der Waals surface area contributed by atoms with E-state index in [1.807, 2.05) is 12.1 Å². The van der Waals surface area contributed by atoms with E-state index in [0.29, 0.717) is 22.4 Å². The van der Waals surface area contributed by atoms with Gasteiger partial charge in [-0.05, 0) is 56.4 Å². The maximum atomic E-state index is 12.8.